The van der Waals surface area contributed by atoms with Gasteiger partial charge >= 0.3 is 7.12 Å². The second-order valence-electron chi connectivity index (χ2n) is 4.37. The van der Waals surface area contributed by atoms with Crippen molar-refractivity contribution in [3.63, 3.8) is 0 Å². The minimum atomic E-state index is -1.04. The SMILES string of the molecule is C=C(COC)C1=CC[C@H](c2ccc(CO)o2)OB1O. The molecule has 0 amide bonds. The molecule has 0 aromatic carbocycles. The zero-order valence-electron chi connectivity index (χ0n) is 10.8. The van der Waals surface area contributed by atoms with E-state index in [1.807, 2.05) is 6.08 Å². The van der Waals surface area contributed by atoms with Gasteiger partial charge < -0.3 is 23.9 Å². The van der Waals surface area contributed by atoms with Gasteiger partial charge in [0.25, 0.3) is 0 Å². The summed E-state index contributed by atoms with van der Waals surface area (Å²) in [6, 6.07) is 3.43. The molecule has 0 saturated heterocycles. The van der Waals surface area contributed by atoms with Crippen LogP contribution in [0.2, 0.25) is 0 Å². The van der Waals surface area contributed by atoms with Crippen LogP contribution in [-0.4, -0.2) is 31.0 Å². The highest BCUT2D eigenvalue weighted by molar-refractivity contribution is 6.54. The molecule has 5 nitrogen and oxygen atoms in total. The van der Waals surface area contributed by atoms with Gasteiger partial charge in [-0.15, -0.1) is 0 Å². The maximum absolute atomic E-state index is 9.96. The molecule has 102 valence electrons. The molecule has 1 aliphatic rings. The topological polar surface area (TPSA) is 72.1 Å². The number of ether oxygens (including phenoxy) is 1. The number of hydrogen-bond donors (Lipinski definition) is 2. The molecular formula is C13H17BO5. The number of aliphatic hydroxyl groups is 1. The summed E-state index contributed by atoms with van der Waals surface area (Å²) in [6.07, 6.45) is 2.10. The molecule has 6 heteroatoms. The first kappa shape index (κ1) is 14.1. The Kier molecular flexibility index (Phi) is 4.60. The van der Waals surface area contributed by atoms with Crippen molar-refractivity contribution in [2.75, 3.05) is 13.7 Å². The lowest BCUT2D eigenvalue weighted by Crippen LogP contribution is -2.29. The van der Waals surface area contributed by atoms with Gasteiger partial charge in [0, 0.05) is 7.11 Å². The van der Waals surface area contributed by atoms with Crippen LogP contribution in [0.5, 0.6) is 0 Å². The van der Waals surface area contributed by atoms with E-state index < -0.39 is 7.12 Å². The Bertz CT molecular complexity index is 479. The summed E-state index contributed by atoms with van der Waals surface area (Å²) in [7, 11) is 0.535. The molecule has 2 N–H and O–H groups in total. The van der Waals surface area contributed by atoms with Gasteiger partial charge in [0.2, 0.25) is 0 Å². The number of furan rings is 1. The highest BCUT2D eigenvalue weighted by Gasteiger charge is 2.31. The molecule has 2 heterocycles. The van der Waals surface area contributed by atoms with Gasteiger partial charge in [0.15, 0.2) is 0 Å². The molecule has 1 atom stereocenters. The van der Waals surface area contributed by atoms with E-state index in [4.69, 9.17) is 18.9 Å². The largest absolute Gasteiger partial charge is 0.491 e. The van der Waals surface area contributed by atoms with E-state index in [-0.39, 0.29) is 12.7 Å². The molecule has 1 aromatic heterocycles. The Balaban J connectivity index is 2.08. The Morgan fingerprint density at radius 2 is 2.37 bits per heavy atom. The quantitative estimate of drug-likeness (QED) is 0.786. The van der Waals surface area contributed by atoms with E-state index >= 15 is 0 Å². The fourth-order valence-electron chi connectivity index (χ4n) is 2.03. The Morgan fingerprint density at radius 3 is 2.95 bits per heavy atom. The van der Waals surface area contributed by atoms with Crippen molar-refractivity contribution in [3.8, 4) is 0 Å². The zero-order chi connectivity index (χ0) is 13.8. The van der Waals surface area contributed by atoms with Crippen molar-refractivity contribution >= 4 is 7.12 Å². The maximum atomic E-state index is 9.96. The molecule has 0 bridgehead atoms. The molecule has 1 aliphatic heterocycles. The lowest BCUT2D eigenvalue weighted by Gasteiger charge is -2.24. The van der Waals surface area contributed by atoms with E-state index in [0.29, 0.717) is 35.6 Å². The average molecular weight is 264 g/mol. The van der Waals surface area contributed by atoms with Crippen molar-refractivity contribution in [1.29, 1.82) is 0 Å². The third-order valence-electron chi connectivity index (χ3n) is 2.99. The zero-order valence-corrected chi connectivity index (χ0v) is 10.8. The summed E-state index contributed by atoms with van der Waals surface area (Å²) < 4.78 is 15.9. The molecular weight excluding hydrogens is 247 g/mol. The minimum absolute atomic E-state index is 0.152. The molecule has 0 unspecified atom stereocenters. The van der Waals surface area contributed by atoms with E-state index in [1.54, 1.807) is 19.2 Å². The van der Waals surface area contributed by atoms with Gasteiger partial charge in [0.05, 0.1) is 6.61 Å². The van der Waals surface area contributed by atoms with E-state index in [2.05, 4.69) is 6.58 Å². The fourth-order valence-corrected chi connectivity index (χ4v) is 2.03. The molecule has 0 radical (unpaired) electrons. The van der Waals surface area contributed by atoms with Gasteiger partial charge in [-0.25, -0.2) is 0 Å². The lowest BCUT2D eigenvalue weighted by molar-refractivity contribution is 0.137. The number of aliphatic hydroxyl groups excluding tert-OH is 1. The molecule has 0 aliphatic carbocycles. The van der Waals surface area contributed by atoms with Crippen molar-refractivity contribution in [1.82, 2.24) is 0 Å². The van der Waals surface area contributed by atoms with Crippen LogP contribution in [-0.2, 0) is 16.0 Å². The highest BCUT2D eigenvalue weighted by Crippen LogP contribution is 2.31. The summed E-state index contributed by atoms with van der Waals surface area (Å²) in [5.41, 5.74) is 1.34. The van der Waals surface area contributed by atoms with Crippen LogP contribution in [0, 0.1) is 0 Å². The second-order valence-corrected chi connectivity index (χ2v) is 4.37. The first-order chi connectivity index (χ1) is 9.15. The van der Waals surface area contributed by atoms with Crippen LogP contribution in [0.25, 0.3) is 0 Å². The maximum Gasteiger partial charge on any atom is 0.491 e. The Labute approximate surface area is 112 Å². The summed E-state index contributed by atoms with van der Waals surface area (Å²) in [5, 5.41) is 18.9. The summed E-state index contributed by atoms with van der Waals surface area (Å²) >= 11 is 0. The van der Waals surface area contributed by atoms with Crippen LogP contribution >= 0.6 is 0 Å². The summed E-state index contributed by atoms with van der Waals surface area (Å²) in [5.74, 6) is 1.07. The third kappa shape index (κ3) is 3.16. The van der Waals surface area contributed by atoms with E-state index in [0.717, 1.165) is 0 Å². The fraction of sp³-hybridized carbons (Fsp3) is 0.385. The smallest absolute Gasteiger partial charge is 0.461 e. The Hall–Kier alpha value is -1.34. The first-order valence-corrected chi connectivity index (χ1v) is 6.05. The van der Waals surface area contributed by atoms with Crippen molar-refractivity contribution < 1.29 is 23.9 Å². The molecule has 2 rings (SSSR count). The Morgan fingerprint density at radius 1 is 1.58 bits per heavy atom. The van der Waals surface area contributed by atoms with Crippen LogP contribution < -0.4 is 0 Å². The van der Waals surface area contributed by atoms with Gasteiger partial charge in [-0.05, 0) is 29.6 Å². The monoisotopic (exact) mass is 264 g/mol. The number of methoxy groups -OCH3 is 1. The average Bonchev–Trinajstić information content (AvgIpc) is 2.87. The van der Waals surface area contributed by atoms with Crippen molar-refractivity contribution in [2.24, 2.45) is 0 Å². The number of hydrogen-bond acceptors (Lipinski definition) is 5. The van der Waals surface area contributed by atoms with Gasteiger partial charge in [-0.1, -0.05) is 12.7 Å². The van der Waals surface area contributed by atoms with E-state index in [1.165, 1.54) is 0 Å². The lowest BCUT2D eigenvalue weighted by atomic mass is 9.71. The van der Waals surface area contributed by atoms with Gasteiger partial charge in [0.1, 0.15) is 24.2 Å². The number of rotatable bonds is 5. The third-order valence-corrected chi connectivity index (χ3v) is 2.99. The van der Waals surface area contributed by atoms with E-state index in [9.17, 15) is 5.02 Å². The van der Waals surface area contributed by atoms with Crippen molar-refractivity contribution in [2.45, 2.75) is 19.1 Å². The van der Waals surface area contributed by atoms with Gasteiger partial charge in [-0.2, -0.15) is 0 Å². The van der Waals surface area contributed by atoms with Crippen molar-refractivity contribution in [3.05, 3.63) is 47.4 Å². The second kappa shape index (κ2) is 6.21. The highest BCUT2D eigenvalue weighted by atomic mass is 16.5. The van der Waals surface area contributed by atoms with Crippen LogP contribution in [0.1, 0.15) is 24.0 Å². The summed E-state index contributed by atoms with van der Waals surface area (Å²) in [4.78, 5) is 0. The minimum Gasteiger partial charge on any atom is -0.461 e. The predicted octanol–water partition coefficient (Wildman–Crippen LogP) is 1.38. The molecule has 0 saturated carbocycles. The van der Waals surface area contributed by atoms with Gasteiger partial charge in [-0.3, -0.25) is 0 Å². The first-order valence-electron chi connectivity index (χ1n) is 6.05. The molecule has 0 spiro atoms. The van der Waals surface area contributed by atoms with Crippen LogP contribution in [0.4, 0.5) is 0 Å². The molecule has 1 aromatic rings. The standard InChI is InChI=1S/C13H17BO5/c1-9(8-17-2)11-4-6-13(19-14(11)16)12-5-3-10(7-15)18-12/h3-5,13,15-16H,1,6-8H2,2H3/t13-/m1/s1. The molecule has 0 fully saturated rings. The molecule has 19 heavy (non-hydrogen) atoms. The predicted molar refractivity (Wildman–Crippen MR) is 70.1 cm³/mol. The van der Waals surface area contributed by atoms with Crippen LogP contribution in [0.15, 0.2) is 40.3 Å². The summed E-state index contributed by atoms with van der Waals surface area (Å²) in [6.45, 7) is 4.05. The van der Waals surface area contributed by atoms with Crippen LogP contribution in [0.3, 0.4) is 0 Å². The normalized spacial score (nSPS) is 19.4.